The van der Waals surface area contributed by atoms with E-state index in [4.69, 9.17) is 0 Å². The molecule has 0 spiro atoms. The summed E-state index contributed by atoms with van der Waals surface area (Å²) in [7, 11) is -3.29. The number of hydrogen-bond donors (Lipinski definition) is 2. The van der Waals surface area contributed by atoms with Crippen molar-refractivity contribution in [3.8, 4) is 0 Å². The van der Waals surface area contributed by atoms with Crippen molar-refractivity contribution in [1.29, 1.82) is 0 Å². The van der Waals surface area contributed by atoms with Gasteiger partial charge in [-0.1, -0.05) is 0 Å². The maximum absolute atomic E-state index is 13.2. The van der Waals surface area contributed by atoms with E-state index >= 15 is 0 Å². The molecular formula is C11H17F3N2O3S. The molecule has 2 rings (SSSR count). The molecule has 2 unspecified atom stereocenters. The van der Waals surface area contributed by atoms with Gasteiger partial charge in [-0.25, -0.2) is 8.42 Å². The lowest BCUT2D eigenvalue weighted by molar-refractivity contribution is -0.216. The van der Waals surface area contributed by atoms with E-state index in [0.29, 0.717) is 0 Å². The zero-order chi connectivity index (χ0) is 15.2. The van der Waals surface area contributed by atoms with E-state index < -0.39 is 39.4 Å². The van der Waals surface area contributed by atoms with Crippen LogP contribution in [0.1, 0.15) is 19.8 Å². The fourth-order valence-corrected chi connectivity index (χ4v) is 4.85. The fraction of sp³-hybridized carbons (Fsp3) is 0.909. The Morgan fingerprint density at radius 3 is 2.35 bits per heavy atom. The lowest BCUT2D eigenvalue weighted by Crippen LogP contribution is -2.58. The van der Waals surface area contributed by atoms with Gasteiger partial charge in [0.05, 0.1) is 17.0 Å². The topological polar surface area (TPSA) is 75.3 Å². The number of alkyl halides is 3. The van der Waals surface area contributed by atoms with E-state index in [1.807, 2.05) is 0 Å². The maximum Gasteiger partial charge on any atom is 0.404 e. The molecule has 2 heterocycles. The highest BCUT2D eigenvalue weighted by atomic mass is 32.2. The summed E-state index contributed by atoms with van der Waals surface area (Å²) < 4.78 is 62.5. The van der Waals surface area contributed by atoms with Crippen molar-refractivity contribution in [2.45, 2.75) is 31.5 Å². The van der Waals surface area contributed by atoms with Crippen LogP contribution in [0.3, 0.4) is 0 Å². The molecule has 9 heteroatoms. The maximum atomic E-state index is 13.2. The first kappa shape index (κ1) is 15.6. The molecule has 2 aliphatic rings. The van der Waals surface area contributed by atoms with Crippen molar-refractivity contribution in [3.63, 3.8) is 0 Å². The minimum absolute atomic E-state index is 0.110. The van der Waals surface area contributed by atoms with E-state index in [9.17, 15) is 26.4 Å². The van der Waals surface area contributed by atoms with Gasteiger partial charge in [-0.15, -0.1) is 0 Å². The quantitative estimate of drug-likeness (QED) is 0.765. The number of sulfone groups is 1. The van der Waals surface area contributed by atoms with Crippen LogP contribution < -0.4 is 10.6 Å². The van der Waals surface area contributed by atoms with Crippen LogP contribution in [-0.2, 0) is 14.6 Å². The Morgan fingerprint density at radius 1 is 1.30 bits per heavy atom. The molecule has 2 saturated heterocycles. The third kappa shape index (κ3) is 2.65. The molecular weight excluding hydrogens is 297 g/mol. The van der Waals surface area contributed by atoms with Gasteiger partial charge in [-0.2, -0.15) is 13.2 Å². The first-order chi connectivity index (χ1) is 9.00. The second-order valence-corrected chi connectivity index (χ2v) is 8.05. The predicted molar refractivity (Wildman–Crippen MR) is 65.8 cm³/mol. The van der Waals surface area contributed by atoms with Crippen molar-refractivity contribution in [2.24, 2.45) is 5.41 Å². The van der Waals surface area contributed by atoms with Crippen LogP contribution in [0.25, 0.3) is 0 Å². The van der Waals surface area contributed by atoms with Gasteiger partial charge in [0.1, 0.15) is 0 Å². The molecule has 5 nitrogen and oxygen atoms in total. The molecule has 2 N–H and O–H groups in total. The number of nitrogens with one attached hydrogen (secondary N) is 2. The highest BCUT2D eigenvalue weighted by Crippen LogP contribution is 2.43. The van der Waals surface area contributed by atoms with Crippen LogP contribution in [0.5, 0.6) is 0 Å². The van der Waals surface area contributed by atoms with Crippen LogP contribution in [0.4, 0.5) is 13.2 Å². The van der Waals surface area contributed by atoms with Gasteiger partial charge in [0.15, 0.2) is 15.3 Å². The van der Waals surface area contributed by atoms with E-state index in [1.165, 1.54) is 6.92 Å². The van der Waals surface area contributed by atoms with Gasteiger partial charge in [-0.3, -0.25) is 4.79 Å². The Morgan fingerprint density at radius 2 is 1.95 bits per heavy atom. The Kier molecular flexibility index (Phi) is 3.57. The fourth-order valence-electron chi connectivity index (χ4n) is 2.76. The van der Waals surface area contributed by atoms with Crippen molar-refractivity contribution in [1.82, 2.24) is 10.6 Å². The van der Waals surface area contributed by atoms with Gasteiger partial charge in [0.2, 0.25) is 5.91 Å². The molecule has 2 aliphatic heterocycles. The normalized spacial score (nSPS) is 37.0. The summed E-state index contributed by atoms with van der Waals surface area (Å²) in [4.78, 5) is 12.1. The zero-order valence-electron chi connectivity index (χ0n) is 11.0. The largest absolute Gasteiger partial charge is 0.404 e. The molecule has 0 saturated carbocycles. The third-order valence-electron chi connectivity index (χ3n) is 4.05. The molecule has 2 fully saturated rings. The summed E-state index contributed by atoms with van der Waals surface area (Å²) in [5.41, 5.74) is -3.57. The standard InChI is InChI=1S/C11H17F3N2O3S/c1-9(3-5-20(18,19)7-9)16-8(17)10(11(12,13)14)2-4-15-6-10/h15H,2-7H2,1H3,(H,16,17). The van der Waals surface area contributed by atoms with Crippen molar-refractivity contribution < 1.29 is 26.4 Å². The smallest absolute Gasteiger partial charge is 0.349 e. The van der Waals surface area contributed by atoms with Crippen molar-refractivity contribution in [2.75, 3.05) is 24.6 Å². The summed E-state index contributed by atoms with van der Waals surface area (Å²) in [6, 6.07) is 0. The molecule has 2 atom stereocenters. The third-order valence-corrected chi connectivity index (χ3v) is 5.95. The monoisotopic (exact) mass is 314 g/mol. The van der Waals surface area contributed by atoms with Crippen LogP contribution in [0.2, 0.25) is 0 Å². The van der Waals surface area contributed by atoms with Gasteiger partial charge < -0.3 is 10.6 Å². The molecule has 1 amide bonds. The van der Waals surface area contributed by atoms with Crippen molar-refractivity contribution >= 4 is 15.7 Å². The van der Waals surface area contributed by atoms with Crippen LogP contribution in [0.15, 0.2) is 0 Å². The summed E-state index contributed by atoms with van der Waals surface area (Å²) in [6.07, 6.45) is -4.85. The molecule has 0 bridgehead atoms. The lowest BCUT2D eigenvalue weighted by Gasteiger charge is -2.34. The number of hydrogen-bond acceptors (Lipinski definition) is 4. The average molecular weight is 314 g/mol. The van der Waals surface area contributed by atoms with Gasteiger partial charge in [-0.05, 0) is 26.3 Å². The van der Waals surface area contributed by atoms with Crippen LogP contribution in [-0.4, -0.2) is 50.6 Å². The Labute approximate surface area is 115 Å². The lowest BCUT2D eigenvalue weighted by atomic mass is 9.84. The van der Waals surface area contributed by atoms with Crippen molar-refractivity contribution in [3.05, 3.63) is 0 Å². The van der Waals surface area contributed by atoms with Gasteiger partial charge in [0.25, 0.3) is 0 Å². The van der Waals surface area contributed by atoms with E-state index in [2.05, 4.69) is 10.6 Å². The van der Waals surface area contributed by atoms with Gasteiger partial charge in [0, 0.05) is 6.54 Å². The number of carbonyl (C=O) groups excluding carboxylic acids is 1. The van der Waals surface area contributed by atoms with E-state index in [-0.39, 0.29) is 30.9 Å². The molecule has 20 heavy (non-hydrogen) atoms. The first-order valence-electron chi connectivity index (χ1n) is 6.30. The Hall–Kier alpha value is -0.830. The molecule has 0 aromatic heterocycles. The number of halogens is 3. The highest BCUT2D eigenvalue weighted by molar-refractivity contribution is 7.91. The highest BCUT2D eigenvalue weighted by Gasteiger charge is 2.62. The average Bonchev–Trinajstić information content (AvgIpc) is 2.83. The summed E-state index contributed by atoms with van der Waals surface area (Å²) in [5.74, 6) is -1.55. The Bertz CT molecular complexity index is 511. The molecule has 0 aromatic carbocycles. The summed E-state index contributed by atoms with van der Waals surface area (Å²) in [5, 5.41) is 4.88. The second kappa shape index (κ2) is 4.59. The summed E-state index contributed by atoms with van der Waals surface area (Å²) in [6.45, 7) is 1.12. The molecule has 0 aromatic rings. The van der Waals surface area contributed by atoms with E-state index in [0.717, 1.165) is 0 Å². The molecule has 0 radical (unpaired) electrons. The SMILES string of the molecule is CC1(NC(=O)C2(C(F)(F)F)CCNC2)CCS(=O)(=O)C1. The minimum atomic E-state index is -4.66. The van der Waals surface area contributed by atoms with Crippen LogP contribution in [0, 0.1) is 5.41 Å². The minimum Gasteiger partial charge on any atom is -0.349 e. The van der Waals surface area contributed by atoms with E-state index in [1.54, 1.807) is 0 Å². The van der Waals surface area contributed by atoms with Gasteiger partial charge >= 0.3 is 6.18 Å². The molecule has 116 valence electrons. The summed E-state index contributed by atoms with van der Waals surface area (Å²) >= 11 is 0. The second-order valence-electron chi connectivity index (χ2n) is 5.86. The zero-order valence-corrected chi connectivity index (χ0v) is 11.8. The first-order valence-corrected chi connectivity index (χ1v) is 8.12. The molecule has 0 aliphatic carbocycles. The predicted octanol–water partition coefficient (Wildman–Crippen LogP) is 0.222. The van der Waals surface area contributed by atoms with Crippen LogP contribution >= 0.6 is 0 Å². The number of rotatable bonds is 2. The number of amides is 1. The number of carbonyl (C=O) groups is 1. The Balaban J connectivity index is 2.19.